The van der Waals surface area contributed by atoms with E-state index in [0.717, 1.165) is 29.9 Å². The summed E-state index contributed by atoms with van der Waals surface area (Å²) in [5.74, 6) is 0.138. The Kier molecular flexibility index (Phi) is 5.00. The molecular weight excluding hydrogens is 350 g/mol. The number of amides is 2. The van der Waals surface area contributed by atoms with Gasteiger partial charge in [-0.15, -0.1) is 11.3 Å². The molecule has 0 bridgehead atoms. The van der Waals surface area contributed by atoms with E-state index in [2.05, 4.69) is 4.98 Å². The van der Waals surface area contributed by atoms with Crippen molar-refractivity contribution in [1.29, 1.82) is 0 Å². The number of ether oxygens (including phenoxy) is 1. The highest BCUT2D eigenvalue weighted by molar-refractivity contribution is 7.14. The molecule has 0 aliphatic carbocycles. The molecule has 7 heteroatoms. The largest absolute Gasteiger partial charge is 0.443 e. The highest BCUT2D eigenvalue weighted by Crippen LogP contribution is 2.35. The molecule has 2 aromatic rings. The van der Waals surface area contributed by atoms with Crippen LogP contribution in [0.25, 0.3) is 11.3 Å². The third-order valence-electron chi connectivity index (χ3n) is 3.99. The third-order valence-corrected chi connectivity index (χ3v) is 4.91. The number of benzene rings is 1. The Balaban J connectivity index is 1.87. The molecule has 0 saturated carbocycles. The zero-order valence-corrected chi connectivity index (χ0v) is 16.3. The number of hydrogen-bond donors (Lipinski definition) is 0. The van der Waals surface area contributed by atoms with Crippen LogP contribution >= 0.6 is 11.3 Å². The summed E-state index contributed by atoms with van der Waals surface area (Å²) in [6, 6.07) is 7.74. The summed E-state index contributed by atoms with van der Waals surface area (Å²) in [5.41, 5.74) is 1.94. The van der Waals surface area contributed by atoms with Gasteiger partial charge in [0.2, 0.25) is 5.91 Å². The number of carbonyl (C=O) groups is 2. The van der Waals surface area contributed by atoms with Crippen molar-refractivity contribution in [3.8, 4) is 11.3 Å². The number of hydrogen-bond acceptors (Lipinski definition) is 5. The smallest absolute Gasteiger partial charge is 0.416 e. The Hall–Kier alpha value is -2.41. The van der Waals surface area contributed by atoms with Crippen LogP contribution in [0.4, 0.5) is 15.6 Å². The average Bonchev–Trinajstić information content (AvgIpc) is 3.21. The van der Waals surface area contributed by atoms with E-state index in [1.54, 1.807) is 7.05 Å². The van der Waals surface area contributed by atoms with Gasteiger partial charge in [0.15, 0.2) is 5.13 Å². The molecule has 0 radical (unpaired) electrons. The van der Waals surface area contributed by atoms with E-state index >= 15 is 0 Å². The van der Waals surface area contributed by atoms with Crippen molar-refractivity contribution in [2.45, 2.75) is 39.2 Å². The summed E-state index contributed by atoms with van der Waals surface area (Å²) in [6.45, 7) is 6.21. The van der Waals surface area contributed by atoms with Crippen LogP contribution in [0.3, 0.4) is 0 Å². The van der Waals surface area contributed by atoms with E-state index in [4.69, 9.17) is 4.74 Å². The number of para-hydroxylation sites is 1. The first-order chi connectivity index (χ1) is 12.3. The Morgan fingerprint density at radius 2 is 2.04 bits per heavy atom. The van der Waals surface area contributed by atoms with Crippen LogP contribution in [0.5, 0.6) is 0 Å². The van der Waals surface area contributed by atoms with Crippen molar-refractivity contribution < 1.29 is 14.3 Å². The van der Waals surface area contributed by atoms with Gasteiger partial charge in [0.1, 0.15) is 5.60 Å². The molecule has 0 spiro atoms. The highest BCUT2D eigenvalue weighted by atomic mass is 32.1. The van der Waals surface area contributed by atoms with Gasteiger partial charge in [-0.2, -0.15) is 0 Å². The number of thiazole rings is 1. The first-order valence-corrected chi connectivity index (χ1v) is 9.46. The zero-order chi connectivity index (χ0) is 18.9. The molecule has 1 saturated heterocycles. The molecule has 0 atom stereocenters. The van der Waals surface area contributed by atoms with Gasteiger partial charge in [0, 0.05) is 31.0 Å². The predicted octanol–water partition coefficient (Wildman–Crippen LogP) is 4.31. The summed E-state index contributed by atoms with van der Waals surface area (Å²) in [7, 11) is 1.65. The van der Waals surface area contributed by atoms with Crippen molar-refractivity contribution in [2.24, 2.45) is 0 Å². The molecule has 1 aromatic heterocycles. The van der Waals surface area contributed by atoms with Crippen molar-refractivity contribution in [3.63, 3.8) is 0 Å². The summed E-state index contributed by atoms with van der Waals surface area (Å²) in [5, 5.41) is 2.45. The molecule has 0 unspecified atom stereocenters. The molecule has 1 fully saturated rings. The van der Waals surface area contributed by atoms with Gasteiger partial charge < -0.3 is 9.64 Å². The van der Waals surface area contributed by atoms with Crippen LogP contribution in [0.1, 0.15) is 33.6 Å². The zero-order valence-electron chi connectivity index (χ0n) is 15.5. The number of aromatic nitrogens is 1. The normalized spacial score (nSPS) is 14.6. The first kappa shape index (κ1) is 18.4. The lowest BCUT2D eigenvalue weighted by Gasteiger charge is -2.23. The minimum Gasteiger partial charge on any atom is -0.443 e. The maximum atomic E-state index is 12.2. The second-order valence-corrected chi connectivity index (χ2v) is 8.06. The maximum Gasteiger partial charge on any atom is 0.416 e. The van der Waals surface area contributed by atoms with Crippen molar-refractivity contribution in [1.82, 2.24) is 4.98 Å². The summed E-state index contributed by atoms with van der Waals surface area (Å²) in [4.78, 5) is 32.2. The van der Waals surface area contributed by atoms with E-state index in [9.17, 15) is 9.59 Å². The third kappa shape index (κ3) is 3.88. The topological polar surface area (TPSA) is 62.7 Å². The highest BCUT2D eigenvalue weighted by Gasteiger charge is 2.26. The summed E-state index contributed by atoms with van der Waals surface area (Å²) < 4.78 is 5.39. The lowest BCUT2D eigenvalue weighted by Crippen LogP contribution is -2.34. The lowest BCUT2D eigenvalue weighted by molar-refractivity contribution is -0.117. The van der Waals surface area contributed by atoms with Gasteiger partial charge in [-0.1, -0.05) is 18.2 Å². The molecule has 0 N–H and O–H groups in total. The van der Waals surface area contributed by atoms with Gasteiger partial charge in [0.05, 0.1) is 11.4 Å². The van der Waals surface area contributed by atoms with E-state index in [1.807, 2.05) is 55.3 Å². The minimum absolute atomic E-state index is 0.138. The van der Waals surface area contributed by atoms with Gasteiger partial charge in [0.25, 0.3) is 0 Å². The van der Waals surface area contributed by atoms with Crippen molar-refractivity contribution >= 4 is 34.2 Å². The first-order valence-electron chi connectivity index (χ1n) is 8.58. The SMILES string of the molecule is CN(C(=O)OC(C)(C)C)c1nc(-c2ccccc2N2CCCC2=O)cs1. The molecule has 2 heterocycles. The Morgan fingerprint density at radius 1 is 1.31 bits per heavy atom. The molecule has 26 heavy (non-hydrogen) atoms. The fourth-order valence-electron chi connectivity index (χ4n) is 2.78. The molecule has 6 nitrogen and oxygen atoms in total. The quantitative estimate of drug-likeness (QED) is 0.804. The Bertz CT molecular complexity index is 825. The van der Waals surface area contributed by atoms with Gasteiger partial charge in [-0.25, -0.2) is 9.78 Å². The molecule has 3 rings (SSSR count). The van der Waals surface area contributed by atoms with E-state index < -0.39 is 11.7 Å². The minimum atomic E-state index is -0.561. The Labute approximate surface area is 157 Å². The second-order valence-electron chi connectivity index (χ2n) is 7.22. The van der Waals surface area contributed by atoms with Crippen molar-refractivity contribution in [2.75, 3.05) is 23.4 Å². The number of anilines is 2. The van der Waals surface area contributed by atoms with Gasteiger partial charge in [-0.3, -0.25) is 9.69 Å². The van der Waals surface area contributed by atoms with Crippen LogP contribution < -0.4 is 9.80 Å². The number of nitrogens with zero attached hydrogens (tertiary/aromatic N) is 3. The van der Waals surface area contributed by atoms with Crippen LogP contribution in [-0.4, -0.2) is 36.2 Å². The van der Waals surface area contributed by atoms with E-state index in [1.165, 1.54) is 16.2 Å². The molecule has 1 aromatic carbocycles. The average molecular weight is 373 g/mol. The predicted molar refractivity (Wildman–Crippen MR) is 104 cm³/mol. The van der Waals surface area contributed by atoms with Crippen LogP contribution in [-0.2, 0) is 9.53 Å². The van der Waals surface area contributed by atoms with E-state index in [0.29, 0.717) is 11.6 Å². The second kappa shape index (κ2) is 7.07. The number of carbonyl (C=O) groups excluding carboxylic acids is 2. The van der Waals surface area contributed by atoms with Gasteiger partial charge in [-0.05, 0) is 33.3 Å². The fourth-order valence-corrected chi connectivity index (χ4v) is 3.56. The standard InChI is InChI=1S/C19H23N3O3S/c1-19(2,3)25-18(24)21(4)17-20-14(12-26-17)13-8-5-6-9-15(13)22-11-7-10-16(22)23/h5-6,8-9,12H,7,10-11H2,1-4H3. The molecule has 1 aliphatic heterocycles. The fraction of sp³-hybridized carbons (Fsp3) is 0.421. The van der Waals surface area contributed by atoms with Crippen molar-refractivity contribution in [3.05, 3.63) is 29.6 Å². The van der Waals surface area contributed by atoms with Crippen LogP contribution in [0.2, 0.25) is 0 Å². The maximum absolute atomic E-state index is 12.2. The molecule has 2 amide bonds. The number of rotatable bonds is 3. The van der Waals surface area contributed by atoms with Crippen LogP contribution in [0, 0.1) is 0 Å². The lowest BCUT2D eigenvalue weighted by atomic mass is 10.1. The monoisotopic (exact) mass is 373 g/mol. The molecular formula is C19H23N3O3S. The summed E-state index contributed by atoms with van der Waals surface area (Å²) >= 11 is 1.37. The Morgan fingerprint density at radius 3 is 2.69 bits per heavy atom. The molecule has 138 valence electrons. The molecule has 1 aliphatic rings. The van der Waals surface area contributed by atoms with E-state index in [-0.39, 0.29) is 5.91 Å². The van der Waals surface area contributed by atoms with Crippen LogP contribution in [0.15, 0.2) is 29.6 Å². The van der Waals surface area contributed by atoms with Gasteiger partial charge >= 0.3 is 6.09 Å². The summed E-state index contributed by atoms with van der Waals surface area (Å²) in [6.07, 6.45) is 1.01.